The molecule has 2 unspecified atom stereocenters. The molecule has 0 aromatic carbocycles. The second kappa shape index (κ2) is 35.6. The molecule has 4 nitrogen and oxygen atoms in total. The van der Waals surface area contributed by atoms with Crippen LogP contribution in [0.5, 0.6) is 0 Å². The molecule has 0 radical (unpaired) electrons. The van der Waals surface area contributed by atoms with Gasteiger partial charge in [0, 0.05) is 6.42 Å². The van der Waals surface area contributed by atoms with Crippen molar-refractivity contribution in [2.45, 2.75) is 225 Å². The summed E-state index contributed by atoms with van der Waals surface area (Å²) in [6, 6.07) is -0.614. The van der Waals surface area contributed by atoms with Crippen molar-refractivity contribution >= 4 is 5.91 Å². The molecule has 0 fully saturated rings. The molecule has 0 aromatic heterocycles. The quantitative estimate of drug-likeness (QED) is 0.0496. The van der Waals surface area contributed by atoms with Gasteiger partial charge in [0.15, 0.2) is 0 Å². The molecule has 0 heterocycles. The molecule has 0 spiro atoms. The van der Waals surface area contributed by atoms with Crippen LogP contribution in [-0.2, 0) is 4.79 Å². The first-order chi connectivity index (χ1) is 21.2. The van der Waals surface area contributed by atoms with Crippen molar-refractivity contribution in [1.29, 1.82) is 0 Å². The molecule has 43 heavy (non-hydrogen) atoms. The first-order valence-electron chi connectivity index (χ1n) is 19.4. The Balaban J connectivity index is 3.58. The highest BCUT2D eigenvalue weighted by Gasteiger charge is 2.17. The molecule has 0 aliphatic carbocycles. The van der Waals surface area contributed by atoms with E-state index in [9.17, 15) is 15.0 Å². The standard InChI is InChI=1S/C39H77NO3/c1-3-5-7-9-11-13-15-17-19-20-21-22-24-26-28-30-32-34-38(42)37(36-41)40-39(43)35-33-31-29-27-25-23-18-16-14-12-10-8-6-4-2/h32,34,37-38,41-42H,3-31,33,35-36H2,1-2H3,(H,40,43)/b34-32+. The van der Waals surface area contributed by atoms with Gasteiger partial charge in [0.1, 0.15) is 0 Å². The molecule has 0 saturated carbocycles. The van der Waals surface area contributed by atoms with Crippen LogP contribution < -0.4 is 5.32 Å². The third-order valence-electron chi connectivity index (χ3n) is 9.02. The summed E-state index contributed by atoms with van der Waals surface area (Å²) in [6.45, 7) is 4.31. The van der Waals surface area contributed by atoms with E-state index in [0.717, 1.165) is 25.7 Å². The fraction of sp³-hybridized carbons (Fsp3) is 0.923. The number of carbonyl (C=O) groups excluding carboxylic acids is 1. The Kier molecular flexibility index (Phi) is 34.9. The Labute approximate surface area is 269 Å². The predicted octanol–water partition coefficient (Wildman–Crippen LogP) is 11.5. The van der Waals surface area contributed by atoms with Crippen LogP contribution in [0.3, 0.4) is 0 Å². The number of hydrogen-bond acceptors (Lipinski definition) is 3. The van der Waals surface area contributed by atoms with Gasteiger partial charge < -0.3 is 15.5 Å². The van der Waals surface area contributed by atoms with E-state index in [1.54, 1.807) is 6.08 Å². The van der Waals surface area contributed by atoms with Crippen LogP contribution in [-0.4, -0.2) is 34.9 Å². The van der Waals surface area contributed by atoms with Crippen LogP contribution in [0.25, 0.3) is 0 Å². The predicted molar refractivity (Wildman–Crippen MR) is 189 cm³/mol. The van der Waals surface area contributed by atoms with Crippen LogP contribution >= 0.6 is 0 Å². The number of carbonyl (C=O) groups is 1. The lowest BCUT2D eigenvalue weighted by atomic mass is 10.0. The van der Waals surface area contributed by atoms with Crippen LogP contribution in [0.2, 0.25) is 0 Å². The average Bonchev–Trinajstić information content (AvgIpc) is 3.01. The Morgan fingerprint density at radius 2 is 0.860 bits per heavy atom. The molecule has 0 saturated heterocycles. The Morgan fingerprint density at radius 1 is 0.535 bits per heavy atom. The highest BCUT2D eigenvalue weighted by atomic mass is 16.3. The zero-order valence-corrected chi connectivity index (χ0v) is 29.2. The van der Waals surface area contributed by atoms with E-state index >= 15 is 0 Å². The lowest BCUT2D eigenvalue weighted by Crippen LogP contribution is -2.45. The molecule has 4 heteroatoms. The summed E-state index contributed by atoms with van der Waals surface area (Å²) >= 11 is 0. The number of rotatable bonds is 35. The van der Waals surface area contributed by atoms with Gasteiger partial charge >= 0.3 is 0 Å². The van der Waals surface area contributed by atoms with Crippen molar-refractivity contribution < 1.29 is 15.0 Å². The maximum absolute atomic E-state index is 12.3. The van der Waals surface area contributed by atoms with Gasteiger partial charge in [-0.25, -0.2) is 0 Å². The van der Waals surface area contributed by atoms with Crippen LogP contribution in [0.1, 0.15) is 213 Å². The van der Waals surface area contributed by atoms with Crippen LogP contribution in [0.4, 0.5) is 0 Å². The lowest BCUT2D eigenvalue weighted by molar-refractivity contribution is -0.123. The normalized spacial score (nSPS) is 13.1. The number of amides is 1. The molecule has 0 bridgehead atoms. The van der Waals surface area contributed by atoms with E-state index in [0.29, 0.717) is 6.42 Å². The summed E-state index contributed by atoms with van der Waals surface area (Å²) in [5, 5.41) is 22.9. The summed E-state index contributed by atoms with van der Waals surface area (Å²) in [6.07, 6.45) is 43.0. The van der Waals surface area contributed by atoms with E-state index in [2.05, 4.69) is 19.2 Å². The van der Waals surface area contributed by atoms with Crippen molar-refractivity contribution in [1.82, 2.24) is 5.32 Å². The lowest BCUT2D eigenvalue weighted by Gasteiger charge is -2.20. The first-order valence-corrected chi connectivity index (χ1v) is 19.4. The zero-order chi connectivity index (χ0) is 31.5. The number of allylic oxidation sites excluding steroid dienone is 1. The van der Waals surface area contributed by atoms with Crippen molar-refractivity contribution in [3.05, 3.63) is 12.2 Å². The molecular formula is C39H77NO3. The Hall–Kier alpha value is -0.870. The number of aliphatic hydroxyl groups is 2. The third kappa shape index (κ3) is 32.3. The van der Waals surface area contributed by atoms with Crippen LogP contribution in [0, 0.1) is 0 Å². The minimum Gasteiger partial charge on any atom is -0.394 e. The number of unbranched alkanes of at least 4 members (excludes halogenated alkanes) is 28. The third-order valence-corrected chi connectivity index (χ3v) is 9.02. The maximum atomic E-state index is 12.3. The second-order valence-electron chi connectivity index (χ2n) is 13.4. The number of hydrogen-bond donors (Lipinski definition) is 3. The minimum absolute atomic E-state index is 0.0622. The summed E-state index contributed by atoms with van der Waals surface area (Å²) in [4.78, 5) is 12.3. The highest BCUT2D eigenvalue weighted by molar-refractivity contribution is 5.76. The van der Waals surface area contributed by atoms with E-state index in [4.69, 9.17) is 0 Å². The van der Waals surface area contributed by atoms with Gasteiger partial charge in [0.05, 0.1) is 18.8 Å². The molecule has 256 valence electrons. The Bertz CT molecular complexity index is 579. The van der Waals surface area contributed by atoms with Gasteiger partial charge in [0.2, 0.25) is 5.91 Å². The summed E-state index contributed by atoms with van der Waals surface area (Å²) < 4.78 is 0. The average molecular weight is 608 g/mol. The van der Waals surface area contributed by atoms with Gasteiger partial charge in [-0.05, 0) is 19.3 Å². The summed E-state index contributed by atoms with van der Waals surface area (Å²) in [5.74, 6) is -0.0622. The van der Waals surface area contributed by atoms with Gasteiger partial charge in [-0.15, -0.1) is 0 Å². The van der Waals surface area contributed by atoms with Gasteiger partial charge in [0.25, 0.3) is 0 Å². The van der Waals surface area contributed by atoms with E-state index < -0.39 is 12.1 Å². The molecule has 3 N–H and O–H groups in total. The van der Waals surface area contributed by atoms with Crippen molar-refractivity contribution in [3.8, 4) is 0 Å². The molecule has 0 rings (SSSR count). The van der Waals surface area contributed by atoms with Crippen molar-refractivity contribution in [3.63, 3.8) is 0 Å². The molecule has 0 aliphatic rings. The molecule has 0 aromatic rings. The largest absolute Gasteiger partial charge is 0.394 e. The molecule has 1 amide bonds. The zero-order valence-electron chi connectivity index (χ0n) is 29.2. The highest BCUT2D eigenvalue weighted by Crippen LogP contribution is 2.15. The topological polar surface area (TPSA) is 69.6 Å². The van der Waals surface area contributed by atoms with E-state index in [1.165, 1.54) is 167 Å². The monoisotopic (exact) mass is 608 g/mol. The van der Waals surface area contributed by atoms with Gasteiger partial charge in [-0.2, -0.15) is 0 Å². The smallest absolute Gasteiger partial charge is 0.220 e. The Morgan fingerprint density at radius 3 is 1.21 bits per heavy atom. The maximum Gasteiger partial charge on any atom is 0.220 e. The van der Waals surface area contributed by atoms with Gasteiger partial charge in [-0.3, -0.25) is 4.79 Å². The summed E-state index contributed by atoms with van der Waals surface area (Å²) in [7, 11) is 0. The SMILES string of the molecule is CCCCCCCCCCCCCCCCC/C=C/C(O)C(CO)NC(=O)CCCCCCCCCCCCCCCC. The van der Waals surface area contributed by atoms with Crippen molar-refractivity contribution in [2.24, 2.45) is 0 Å². The molecular weight excluding hydrogens is 530 g/mol. The fourth-order valence-corrected chi connectivity index (χ4v) is 6.00. The first kappa shape index (κ1) is 42.1. The molecule has 0 aliphatic heterocycles. The molecule has 2 atom stereocenters. The second-order valence-corrected chi connectivity index (χ2v) is 13.4. The van der Waals surface area contributed by atoms with E-state index in [-0.39, 0.29) is 12.5 Å². The number of aliphatic hydroxyl groups excluding tert-OH is 2. The van der Waals surface area contributed by atoms with E-state index in [1.807, 2.05) is 6.08 Å². The number of nitrogens with one attached hydrogen (secondary N) is 1. The van der Waals surface area contributed by atoms with Crippen molar-refractivity contribution in [2.75, 3.05) is 6.61 Å². The fourth-order valence-electron chi connectivity index (χ4n) is 6.00. The minimum atomic E-state index is -0.832. The summed E-state index contributed by atoms with van der Waals surface area (Å²) in [5.41, 5.74) is 0. The van der Waals surface area contributed by atoms with Crippen LogP contribution in [0.15, 0.2) is 12.2 Å². The van der Waals surface area contributed by atoms with Gasteiger partial charge in [-0.1, -0.05) is 199 Å².